The molecule has 0 saturated carbocycles. The molecule has 3 heterocycles. The lowest BCUT2D eigenvalue weighted by atomic mass is 10.1. The molecule has 0 amide bonds. The van der Waals surface area contributed by atoms with E-state index in [2.05, 4.69) is 40.2 Å². The molecule has 0 aromatic carbocycles. The van der Waals surface area contributed by atoms with E-state index in [-0.39, 0.29) is 6.04 Å². The van der Waals surface area contributed by atoms with Gasteiger partial charge in [-0.1, -0.05) is 13.0 Å². The van der Waals surface area contributed by atoms with E-state index in [1.165, 1.54) is 4.88 Å². The van der Waals surface area contributed by atoms with E-state index in [1.54, 1.807) is 17.5 Å². The third kappa shape index (κ3) is 2.80. The van der Waals surface area contributed by atoms with Crippen molar-refractivity contribution in [2.75, 3.05) is 11.1 Å². The van der Waals surface area contributed by atoms with Crippen molar-refractivity contribution < 1.29 is 0 Å². The average molecular weight is 299 g/mol. The summed E-state index contributed by atoms with van der Waals surface area (Å²) in [5.41, 5.74) is 6.93. The van der Waals surface area contributed by atoms with Gasteiger partial charge in [-0.05, 0) is 31.0 Å². The van der Waals surface area contributed by atoms with Crippen LogP contribution in [0.2, 0.25) is 0 Å². The van der Waals surface area contributed by atoms with E-state index in [0.29, 0.717) is 5.95 Å². The van der Waals surface area contributed by atoms with Gasteiger partial charge in [0.05, 0.1) is 11.4 Å². The highest BCUT2D eigenvalue weighted by Crippen LogP contribution is 2.31. The zero-order valence-corrected chi connectivity index (χ0v) is 12.8. The minimum atomic E-state index is 0.0983. The van der Waals surface area contributed by atoms with E-state index in [1.807, 2.05) is 18.3 Å². The zero-order valence-electron chi connectivity index (χ0n) is 12.0. The minimum Gasteiger partial charge on any atom is -0.368 e. The number of rotatable bonds is 4. The van der Waals surface area contributed by atoms with Crippen molar-refractivity contribution in [1.82, 2.24) is 15.0 Å². The van der Waals surface area contributed by atoms with Crippen LogP contribution in [0.15, 0.2) is 30.6 Å². The summed E-state index contributed by atoms with van der Waals surface area (Å²) in [6.07, 6.45) is 4.60. The van der Waals surface area contributed by atoms with Crippen molar-refractivity contribution >= 4 is 33.3 Å². The summed E-state index contributed by atoms with van der Waals surface area (Å²) in [5.74, 6) is 1.08. The van der Waals surface area contributed by atoms with E-state index >= 15 is 0 Å². The first kappa shape index (κ1) is 13.8. The van der Waals surface area contributed by atoms with Crippen molar-refractivity contribution in [3.63, 3.8) is 0 Å². The summed E-state index contributed by atoms with van der Waals surface area (Å²) >= 11 is 1.67. The number of anilines is 2. The predicted octanol–water partition coefficient (Wildman–Crippen LogP) is 3.40. The number of nitrogens with one attached hydrogen (secondary N) is 1. The quantitative estimate of drug-likeness (QED) is 0.772. The standard InChI is InChI=1S/C15H17N5S/c1-3-11-7-12-13(19-15(16)20-14(12)21-11)18-9(2)10-5-4-6-17-8-10/h4-9H,3H2,1-2H3,(H3,16,18,19,20). The number of nitrogen functional groups attached to an aromatic ring is 1. The van der Waals surface area contributed by atoms with Gasteiger partial charge in [-0.15, -0.1) is 11.3 Å². The first-order valence-electron chi connectivity index (χ1n) is 6.89. The molecule has 21 heavy (non-hydrogen) atoms. The maximum Gasteiger partial charge on any atom is 0.223 e. The van der Waals surface area contributed by atoms with Gasteiger partial charge in [-0.3, -0.25) is 4.98 Å². The van der Waals surface area contributed by atoms with Crippen molar-refractivity contribution in [2.45, 2.75) is 26.3 Å². The van der Waals surface area contributed by atoms with Gasteiger partial charge in [0, 0.05) is 17.3 Å². The topological polar surface area (TPSA) is 76.7 Å². The Morgan fingerprint density at radius 1 is 1.38 bits per heavy atom. The van der Waals surface area contributed by atoms with Crippen molar-refractivity contribution in [2.24, 2.45) is 0 Å². The summed E-state index contributed by atoms with van der Waals surface area (Å²) in [7, 11) is 0. The van der Waals surface area contributed by atoms with E-state index < -0.39 is 0 Å². The fraction of sp³-hybridized carbons (Fsp3) is 0.267. The molecule has 0 radical (unpaired) electrons. The molecule has 0 bridgehead atoms. The highest BCUT2D eigenvalue weighted by Gasteiger charge is 2.13. The Balaban J connectivity index is 1.98. The van der Waals surface area contributed by atoms with Crippen molar-refractivity contribution in [3.05, 3.63) is 41.0 Å². The second-order valence-electron chi connectivity index (χ2n) is 4.87. The van der Waals surface area contributed by atoms with Gasteiger partial charge >= 0.3 is 0 Å². The van der Waals surface area contributed by atoms with Gasteiger partial charge in [-0.2, -0.15) is 4.98 Å². The van der Waals surface area contributed by atoms with Crippen LogP contribution in [-0.2, 0) is 6.42 Å². The number of aryl methyl sites for hydroxylation is 1. The van der Waals surface area contributed by atoms with Gasteiger partial charge in [0.2, 0.25) is 5.95 Å². The maximum atomic E-state index is 5.82. The third-order valence-corrected chi connectivity index (χ3v) is 4.52. The zero-order chi connectivity index (χ0) is 14.8. The van der Waals surface area contributed by atoms with Crippen LogP contribution in [0.1, 0.15) is 30.3 Å². The van der Waals surface area contributed by atoms with Gasteiger partial charge in [0.1, 0.15) is 10.6 Å². The molecule has 0 aliphatic carbocycles. The Morgan fingerprint density at radius 3 is 2.95 bits per heavy atom. The minimum absolute atomic E-state index is 0.0983. The number of fused-ring (bicyclic) bond motifs is 1. The van der Waals surface area contributed by atoms with Crippen LogP contribution in [0, 0.1) is 0 Å². The number of pyridine rings is 1. The van der Waals surface area contributed by atoms with Crippen LogP contribution >= 0.6 is 11.3 Å². The predicted molar refractivity (Wildman–Crippen MR) is 87.5 cm³/mol. The smallest absolute Gasteiger partial charge is 0.223 e. The Bertz CT molecular complexity index is 753. The van der Waals surface area contributed by atoms with Crippen LogP contribution < -0.4 is 11.1 Å². The van der Waals surface area contributed by atoms with Crippen LogP contribution in [0.5, 0.6) is 0 Å². The summed E-state index contributed by atoms with van der Waals surface area (Å²) < 4.78 is 0. The Kier molecular flexibility index (Phi) is 3.70. The molecule has 3 N–H and O–H groups in total. The fourth-order valence-electron chi connectivity index (χ4n) is 2.19. The Labute approximate surface area is 127 Å². The Morgan fingerprint density at radius 2 is 2.24 bits per heavy atom. The highest BCUT2D eigenvalue weighted by molar-refractivity contribution is 7.18. The number of aromatic nitrogens is 3. The molecule has 3 aromatic heterocycles. The van der Waals surface area contributed by atoms with Gasteiger partial charge in [0.25, 0.3) is 0 Å². The van der Waals surface area contributed by atoms with Crippen LogP contribution in [0.3, 0.4) is 0 Å². The lowest BCUT2D eigenvalue weighted by Crippen LogP contribution is -2.09. The summed E-state index contributed by atoms with van der Waals surface area (Å²) in [5, 5.41) is 4.44. The van der Waals surface area contributed by atoms with Gasteiger partial charge < -0.3 is 11.1 Å². The molecule has 0 spiro atoms. The maximum absolute atomic E-state index is 5.82. The molecular formula is C15H17N5S. The second kappa shape index (κ2) is 5.65. The van der Waals surface area contributed by atoms with Crippen molar-refractivity contribution in [1.29, 1.82) is 0 Å². The number of thiophene rings is 1. The van der Waals surface area contributed by atoms with Crippen LogP contribution in [0.25, 0.3) is 10.2 Å². The molecular weight excluding hydrogens is 282 g/mol. The largest absolute Gasteiger partial charge is 0.368 e. The molecule has 0 aliphatic heterocycles. The summed E-state index contributed by atoms with van der Waals surface area (Å²) in [4.78, 5) is 15.0. The molecule has 3 rings (SSSR count). The van der Waals surface area contributed by atoms with E-state index in [4.69, 9.17) is 5.73 Å². The fourth-order valence-corrected chi connectivity index (χ4v) is 3.17. The third-order valence-electron chi connectivity index (χ3n) is 3.35. The normalized spacial score (nSPS) is 12.5. The van der Waals surface area contributed by atoms with E-state index in [0.717, 1.165) is 28.0 Å². The second-order valence-corrected chi connectivity index (χ2v) is 5.98. The molecule has 0 saturated heterocycles. The van der Waals surface area contributed by atoms with Gasteiger partial charge in [-0.25, -0.2) is 4.98 Å². The SMILES string of the molecule is CCc1cc2c(NC(C)c3cccnc3)nc(N)nc2s1. The number of hydrogen-bond acceptors (Lipinski definition) is 6. The van der Waals surface area contributed by atoms with Crippen molar-refractivity contribution in [3.8, 4) is 0 Å². The average Bonchev–Trinajstić information content (AvgIpc) is 2.91. The highest BCUT2D eigenvalue weighted by atomic mass is 32.1. The van der Waals surface area contributed by atoms with Crippen LogP contribution in [-0.4, -0.2) is 15.0 Å². The molecule has 0 fully saturated rings. The molecule has 0 aliphatic rings. The first-order valence-corrected chi connectivity index (χ1v) is 7.71. The van der Waals surface area contributed by atoms with Gasteiger partial charge in [0.15, 0.2) is 0 Å². The number of nitrogens with two attached hydrogens (primary N) is 1. The monoisotopic (exact) mass is 299 g/mol. The van der Waals surface area contributed by atoms with Crippen LogP contribution in [0.4, 0.5) is 11.8 Å². The molecule has 1 unspecified atom stereocenters. The molecule has 6 heteroatoms. The molecule has 5 nitrogen and oxygen atoms in total. The summed E-state index contributed by atoms with van der Waals surface area (Å²) in [6, 6.07) is 6.20. The number of nitrogens with zero attached hydrogens (tertiary/aromatic N) is 3. The molecule has 1 atom stereocenters. The lowest BCUT2D eigenvalue weighted by molar-refractivity contribution is 0.868. The molecule has 108 valence electrons. The molecule has 3 aromatic rings. The van der Waals surface area contributed by atoms with E-state index in [9.17, 15) is 0 Å². The number of hydrogen-bond donors (Lipinski definition) is 2. The summed E-state index contributed by atoms with van der Waals surface area (Å²) in [6.45, 7) is 4.21. The first-order chi connectivity index (χ1) is 10.2. The Hall–Kier alpha value is -2.21. The lowest BCUT2D eigenvalue weighted by Gasteiger charge is -2.15.